The van der Waals surface area contributed by atoms with Crippen LogP contribution in [0, 0.1) is 39.9 Å². The highest BCUT2D eigenvalue weighted by Crippen LogP contribution is 2.61. The van der Waals surface area contributed by atoms with E-state index in [0.717, 1.165) is 51.4 Å². The quantitative estimate of drug-likeness (QED) is 0.569. The predicted molar refractivity (Wildman–Crippen MR) is 105 cm³/mol. The normalized spacial score (nSPS) is 44.4. The minimum Gasteiger partial charge on any atom is -0.463 e. The van der Waals surface area contributed by atoms with Gasteiger partial charge in [0.25, 0.3) is 0 Å². The lowest BCUT2D eigenvalue weighted by molar-refractivity contribution is -0.157. The van der Waals surface area contributed by atoms with E-state index in [2.05, 4.69) is 26.5 Å². The van der Waals surface area contributed by atoms with Crippen molar-refractivity contribution in [3.63, 3.8) is 0 Å². The summed E-state index contributed by atoms with van der Waals surface area (Å²) in [7, 11) is 0. The molecule has 3 rings (SSSR count). The Morgan fingerprint density at radius 2 is 2.04 bits per heavy atom. The highest BCUT2D eigenvalue weighted by atomic mass is 16.5. The average molecular weight is 374 g/mol. The molecule has 0 aromatic carbocycles. The Bertz CT molecular complexity index is 638. The third-order valence-electron chi connectivity index (χ3n) is 8.45. The summed E-state index contributed by atoms with van der Waals surface area (Å²) in [6.45, 7) is 10.4. The van der Waals surface area contributed by atoms with Gasteiger partial charge >= 0.3 is 5.97 Å². The Balaban J connectivity index is 1.81. The molecule has 0 heterocycles. The maximum absolute atomic E-state index is 11.4. The summed E-state index contributed by atoms with van der Waals surface area (Å²) in [6.07, 6.45) is 7.82. The monoisotopic (exact) mass is 373 g/mol. The van der Waals surface area contributed by atoms with Crippen molar-refractivity contribution in [2.24, 2.45) is 28.6 Å². The maximum Gasteiger partial charge on any atom is 0.302 e. The Kier molecular flexibility index (Phi) is 5.73. The first-order valence-corrected chi connectivity index (χ1v) is 10.6. The van der Waals surface area contributed by atoms with Crippen LogP contribution in [0.25, 0.3) is 0 Å². The number of carbonyl (C=O) groups is 1. The van der Waals surface area contributed by atoms with E-state index in [-0.39, 0.29) is 34.9 Å². The van der Waals surface area contributed by atoms with Gasteiger partial charge in [0, 0.05) is 13.3 Å². The Hall–Kier alpha value is -1.34. The number of ether oxygens (including phenoxy) is 1. The second-order valence-electron chi connectivity index (χ2n) is 9.71. The van der Waals surface area contributed by atoms with Gasteiger partial charge in [0.2, 0.25) is 0 Å². The van der Waals surface area contributed by atoms with E-state index in [1.165, 1.54) is 12.5 Å². The number of carbonyl (C=O) groups excluding carboxylic acids is 1. The zero-order chi connectivity index (χ0) is 19.8. The van der Waals surface area contributed by atoms with Gasteiger partial charge in [-0.1, -0.05) is 26.0 Å². The highest BCUT2D eigenvalue weighted by Gasteiger charge is 2.56. The van der Waals surface area contributed by atoms with E-state index in [0.29, 0.717) is 18.3 Å². The minimum absolute atomic E-state index is 0.00182. The number of nitrogens with zero attached hydrogens (tertiary/aromatic N) is 1. The molecule has 7 atom stereocenters. The third-order valence-corrected chi connectivity index (χ3v) is 8.45. The molecule has 0 aromatic rings. The molecule has 3 saturated carbocycles. The van der Waals surface area contributed by atoms with Gasteiger partial charge in [0.1, 0.15) is 6.10 Å². The number of aliphatic hydroxyl groups excluding tert-OH is 1. The van der Waals surface area contributed by atoms with Gasteiger partial charge in [-0.2, -0.15) is 5.26 Å². The summed E-state index contributed by atoms with van der Waals surface area (Å²) < 4.78 is 5.51. The Morgan fingerprint density at radius 1 is 1.30 bits per heavy atom. The van der Waals surface area contributed by atoms with E-state index in [1.54, 1.807) is 0 Å². The fraction of sp³-hybridized carbons (Fsp3) is 0.826. The average Bonchev–Trinajstić information content (AvgIpc) is 2.91. The minimum atomic E-state index is -0.303. The third kappa shape index (κ3) is 3.56. The lowest BCUT2D eigenvalue weighted by Crippen LogP contribution is -2.53. The number of hydrogen-bond donors (Lipinski definition) is 1. The fourth-order valence-electron chi connectivity index (χ4n) is 6.63. The molecule has 7 unspecified atom stereocenters. The maximum atomic E-state index is 11.4. The molecule has 0 amide bonds. The summed E-state index contributed by atoms with van der Waals surface area (Å²) in [5, 5.41) is 20.5. The number of fused-ring (bicyclic) bond motifs is 1. The Morgan fingerprint density at radius 3 is 2.70 bits per heavy atom. The van der Waals surface area contributed by atoms with Crippen molar-refractivity contribution in [2.75, 3.05) is 0 Å². The van der Waals surface area contributed by atoms with Crippen LogP contribution < -0.4 is 0 Å². The molecule has 0 saturated heterocycles. The van der Waals surface area contributed by atoms with E-state index in [1.807, 2.05) is 0 Å². The van der Waals surface area contributed by atoms with Crippen molar-refractivity contribution >= 4 is 5.97 Å². The van der Waals surface area contributed by atoms with Crippen molar-refractivity contribution in [1.82, 2.24) is 0 Å². The number of allylic oxidation sites excluding steroid dienone is 1. The molecule has 1 N–H and O–H groups in total. The van der Waals surface area contributed by atoms with Crippen LogP contribution in [0.5, 0.6) is 0 Å². The van der Waals surface area contributed by atoms with E-state index in [4.69, 9.17) is 10.00 Å². The van der Waals surface area contributed by atoms with Gasteiger partial charge in [-0.3, -0.25) is 4.79 Å². The summed E-state index contributed by atoms with van der Waals surface area (Å²) in [4.78, 5) is 11.4. The lowest BCUT2D eigenvalue weighted by Gasteiger charge is -2.55. The molecular formula is C23H35NO3. The molecule has 4 heteroatoms. The SMILES string of the molecule is C=C1CCC2C(O)C(C3(C)CCC(OC(C)=O)CC3CCC#N)CCC12C. The number of esters is 1. The first kappa shape index (κ1) is 20.4. The predicted octanol–water partition coefficient (Wildman–Crippen LogP) is 4.77. The van der Waals surface area contributed by atoms with E-state index < -0.39 is 0 Å². The van der Waals surface area contributed by atoms with Gasteiger partial charge < -0.3 is 9.84 Å². The topological polar surface area (TPSA) is 70.3 Å². The van der Waals surface area contributed by atoms with Crippen LogP contribution in [0.3, 0.4) is 0 Å². The number of aliphatic hydroxyl groups is 1. The zero-order valence-electron chi connectivity index (χ0n) is 17.2. The van der Waals surface area contributed by atoms with Crippen LogP contribution in [0.4, 0.5) is 0 Å². The lowest BCUT2D eigenvalue weighted by atomic mass is 9.51. The van der Waals surface area contributed by atoms with Gasteiger partial charge in [-0.15, -0.1) is 0 Å². The zero-order valence-corrected chi connectivity index (χ0v) is 17.2. The largest absolute Gasteiger partial charge is 0.463 e. The number of rotatable bonds is 4. The molecule has 4 nitrogen and oxygen atoms in total. The van der Waals surface area contributed by atoms with Crippen LogP contribution in [-0.4, -0.2) is 23.3 Å². The van der Waals surface area contributed by atoms with Crippen LogP contribution >= 0.6 is 0 Å². The van der Waals surface area contributed by atoms with E-state index >= 15 is 0 Å². The second kappa shape index (κ2) is 7.59. The van der Waals surface area contributed by atoms with Crippen LogP contribution in [0.1, 0.15) is 78.6 Å². The molecule has 0 spiro atoms. The van der Waals surface area contributed by atoms with Crippen LogP contribution in [0.15, 0.2) is 12.2 Å². The van der Waals surface area contributed by atoms with Gasteiger partial charge in [0.05, 0.1) is 12.2 Å². The Labute approximate surface area is 164 Å². The van der Waals surface area contributed by atoms with Crippen LogP contribution in [-0.2, 0) is 9.53 Å². The highest BCUT2D eigenvalue weighted by molar-refractivity contribution is 5.66. The van der Waals surface area contributed by atoms with Crippen molar-refractivity contribution in [1.29, 1.82) is 5.26 Å². The standard InChI is InChI=1S/C23H35NO3/c1-15-7-8-19-21(26)20(10-12-22(15,19)3)23(4)11-9-18(27-16(2)25)14-17(23)6-5-13-24/h17-21,26H,1,5-12,14H2,2-4H3. The summed E-state index contributed by atoms with van der Waals surface area (Å²) in [6, 6.07) is 2.29. The van der Waals surface area contributed by atoms with Gasteiger partial charge in [-0.05, 0) is 80.0 Å². The van der Waals surface area contributed by atoms with Crippen molar-refractivity contribution in [3.8, 4) is 6.07 Å². The summed E-state index contributed by atoms with van der Waals surface area (Å²) in [5.74, 6) is 0.649. The molecule has 0 aliphatic heterocycles. The summed E-state index contributed by atoms with van der Waals surface area (Å²) >= 11 is 0. The molecule has 27 heavy (non-hydrogen) atoms. The van der Waals surface area contributed by atoms with Gasteiger partial charge in [0.15, 0.2) is 0 Å². The molecule has 0 aromatic heterocycles. The second-order valence-corrected chi connectivity index (χ2v) is 9.71. The van der Waals surface area contributed by atoms with Crippen molar-refractivity contribution < 1.29 is 14.6 Å². The molecule has 3 aliphatic rings. The molecule has 0 radical (unpaired) electrons. The van der Waals surface area contributed by atoms with Crippen molar-refractivity contribution in [3.05, 3.63) is 12.2 Å². The number of hydrogen-bond acceptors (Lipinski definition) is 4. The molecule has 3 aliphatic carbocycles. The first-order valence-electron chi connectivity index (χ1n) is 10.6. The molecule has 3 fully saturated rings. The summed E-state index contributed by atoms with van der Waals surface area (Å²) in [5.41, 5.74) is 1.40. The van der Waals surface area contributed by atoms with Gasteiger partial charge in [-0.25, -0.2) is 0 Å². The smallest absolute Gasteiger partial charge is 0.302 e. The fourth-order valence-corrected chi connectivity index (χ4v) is 6.63. The first-order chi connectivity index (χ1) is 12.7. The molecule has 0 bridgehead atoms. The molecular weight excluding hydrogens is 338 g/mol. The van der Waals surface area contributed by atoms with Crippen molar-refractivity contribution in [2.45, 2.75) is 90.8 Å². The van der Waals surface area contributed by atoms with E-state index in [9.17, 15) is 9.90 Å². The van der Waals surface area contributed by atoms with Crippen LogP contribution in [0.2, 0.25) is 0 Å². The number of nitriles is 1. The molecule has 150 valence electrons.